The molecule has 8 nitrogen and oxygen atoms in total. The molecule has 1 N–H and O–H groups in total. The number of aromatic nitrogens is 3. The first kappa shape index (κ1) is 21.8. The number of nitrogens with zero attached hydrogens (tertiary/aromatic N) is 4. The average molecular weight is 454 g/mol. The van der Waals surface area contributed by atoms with Gasteiger partial charge in [-0.2, -0.15) is 0 Å². The standard InChI is InChI=1S/C24H28FN5O3/c1-31-23-3-2-20-24(29-23)18(19(25)13-28-20)5-7-30-6-4-16(15-30)11-26-12-17-10-21-22(14-27-17)33-9-8-32-21/h2-3,10,13-14,16,26H,4-9,11-12,15H2,1H3/t16-/m0/s1. The van der Waals surface area contributed by atoms with Crippen molar-refractivity contribution in [2.24, 2.45) is 5.92 Å². The molecule has 0 aliphatic carbocycles. The molecule has 2 aliphatic rings. The van der Waals surface area contributed by atoms with Gasteiger partial charge in [0.25, 0.3) is 0 Å². The highest BCUT2D eigenvalue weighted by molar-refractivity contribution is 5.78. The van der Waals surface area contributed by atoms with Crippen LogP contribution in [0.4, 0.5) is 4.39 Å². The Morgan fingerprint density at radius 1 is 1.18 bits per heavy atom. The minimum absolute atomic E-state index is 0.312. The molecular formula is C24H28FN5O3. The van der Waals surface area contributed by atoms with E-state index in [0.717, 1.165) is 44.0 Å². The van der Waals surface area contributed by atoms with Gasteiger partial charge in [-0.05, 0) is 37.9 Å². The summed E-state index contributed by atoms with van der Waals surface area (Å²) in [5.41, 5.74) is 2.81. The predicted octanol–water partition coefficient (Wildman–Crippen LogP) is 2.60. The maximum Gasteiger partial charge on any atom is 0.213 e. The molecule has 1 atom stereocenters. The lowest BCUT2D eigenvalue weighted by atomic mass is 10.1. The molecule has 0 unspecified atom stereocenters. The molecule has 0 amide bonds. The molecular weight excluding hydrogens is 425 g/mol. The second kappa shape index (κ2) is 9.84. The SMILES string of the molecule is COc1ccc2ncc(F)c(CCN3CC[C@@H](CNCc4cc5c(cn4)OCCO5)C3)c2n1. The Morgan fingerprint density at radius 3 is 2.94 bits per heavy atom. The van der Waals surface area contributed by atoms with Gasteiger partial charge >= 0.3 is 0 Å². The lowest BCUT2D eigenvalue weighted by Crippen LogP contribution is -2.28. The number of likely N-dealkylation sites (tertiary alicyclic amines) is 1. The van der Waals surface area contributed by atoms with Crippen molar-refractivity contribution in [3.63, 3.8) is 0 Å². The fraction of sp³-hybridized carbons (Fsp3) is 0.458. The van der Waals surface area contributed by atoms with Crippen molar-refractivity contribution in [3.8, 4) is 17.4 Å². The molecule has 0 saturated carbocycles. The predicted molar refractivity (Wildman–Crippen MR) is 121 cm³/mol. The molecule has 5 heterocycles. The van der Waals surface area contributed by atoms with Crippen LogP contribution in [0.5, 0.6) is 17.4 Å². The van der Waals surface area contributed by atoms with E-state index >= 15 is 0 Å². The first-order valence-electron chi connectivity index (χ1n) is 11.4. The van der Waals surface area contributed by atoms with Crippen molar-refractivity contribution in [2.45, 2.75) is 19.4 Å². The van der Waals surface area contributed by atoms with Crippen LogP contribution < -0.4 is 19.5 Å². The summed E-state index contributed by atoms with van der Waals surface area (Å²) in [6, 6.07) is 5.51. The minimum Gasteiger partial charge on any atom is -0.486 e. The van der Waals surface area contributed by atoms with E-state index < -0.39 is 0 Å². The number of hydrogen-bond donors (Lipinski definition) is 1. The maximum absolute atomic E-state index is 14.5. The third kappa shape index (κ3) is 4.99. The third-order valence-corrected chi connectivity index (χ3v) is 6.22. The normalized spacial score (nSPS) is 18.1. The zero-order chi connectivity index (χ0) is 22.6. The molecule has 1 fully saturated rings. The zero-order valence-electron chi connectivity index (χ0n) is 18.7. The van der Waals surface area contributed by atoms with E-state index in [-0.39, 0.29) is 5.82 Å². The Balaban J connectivity index is 1.12. The summed E-state index contributed by atoms with van der Waals surface area (Å²) in [6.07, 6.45) is 4.73. The van der Waals surface area contributed by atoms with Gasteiger partial charge < -0.3 is 24.4 Å². The minimum atomic E-state index is -0.312. The molecule has 33 heavy (non-hydrogen) atoms. The Labute approximate surface area is 192 Å². The summed E-state index contributed by atoms with van der Waals surface area (Å²) < 4.78 is 30.9. The molecule has 0 spiro atoms. The van der Waals surface area contributed by atoms with Crippen LogP contribution in [0.2, 0.25) is 0 Å². The average Bonchev–Trinajstić information content (AvgIpc) is 3.30. The van der Waals surface area contributed by atoms with Gasteiger partial charge in [-0.3, -0.25) is 9.97 Å². The van der Waals surface area contributed by atoms with Crippen LogP contribution >= 0.6 is 0 Å². The summed E-state index contributed by atoms with van der Waals surface area (Å²) in [7, 11) is 1.56. The van der Waals surface area contributed by atoms with E-state index in [1.165, 1.54) is 6.20 Å². The summed E-state index contributed by atoms with van der Waals surface area (Å²) >= 11 is 0. The lowest BCUT2D eigenvalue weighted by molar-refractivity contribution is 0.170. The van der Waals surface area contributed by atoms with Crippen molar-refractivity contribution in [3.05, 3.63) is 47.7 Å². The van der Waals surface area contributed by atoms with Gasteiger partial charge in [-0.15, -0.1) is 0 Å². The van der Waals surface area contributed by atoms with Crippen LogP contribution in [0.25, 0.3) is 11.0 Å². The molecule has 9 heteroatoms. The largest absolute Gasteiger partial charge is 0.486 e. The van der Waals surface area contributed by atoms with Gasteiger partial charge in [0, 0.05) is 37.3 Å². The molecule has 3 aromatic heterocycles. The second-order valence-corrected chi connectivity index (χ2v) is 8.46. The van der Waals surface area contributed by atoms with Gasteiger partial charge in [0.05, 0.1) is 36.2 Å². The van der Waals surface area contributed by atoms with Crippen LogP contribution in [-0.4, -0.2) is 66.4 Å². The highest BCUT2D eigenvalue weighted by atomic mass is 19.1. The van der Waals surface area contributed by atoms with Gasteiger partial charge in [0.1, 0.15) is 19.0 Å². The topological polar surface area (TPSA) is 81.6 Å². The van der Waals surface area contributed by atoms with Gasteiger partial charge in [-0.25, -0.2) is 9.37 Å². The smallest absolute Gasteiger partial charge is 0.213 e. The summed E-state index contributed by atoms with van der Waals surface area (Å²) in [5, 5.41) is 3.51. The summed E-state index contributed by atoms with van der Waals surface area (Å²) in [5.74, 6) is 2.19. The zero-order valence-corrected chi connectivity index (χ0v) is 18.7. The molecule has 0 aromatic carbocycles. The van der Waals surface area contributed by atoms with Gasteiger partial charge in [-0.1, -0.05) is 0 Å². The number of hydrogen-bond acceptors (Lipinski definition) is 8. The van der Waals surface area contributed by atoms with Crippen molar-refractivity contribution < 1.29 is 18.6 Å². The first-order chi connectivity index (χ1) is 16.2. The van der Waals surface area contributed by atoms with Crippen LogP contribution in [-0.2, 0) is 13.0 Å². The molecule has 0 bridgehead atoms. The van der Waals surface area contributed by atoms with Crippen LogP contribution in [0.1, 0.15) is 17.7 Å². The first-order valence-corrected chi connectivity index (χ1v) is 11.4. The molecule has 3 aromatic rings. The van der Waals surface area contributed by atoms with E-state index in [4.69, 9.17) is 14.2 Å². The quantitative estimate of drug-likeness (QED) is 0.558. The maximum atomic E-state index is 14.5. The van der Waals surface area contributed by atoms with Crippen molar-refractivity contribution in [1.82, 2.24) is 25.2 Å². The van der Waals surface area contributed by atoms with Gasteiger partial charge in [0.15, 0.2) is 11.5 Å². The van der Waals surface area contributed by atoms with Crippen LogP contribution in [0, 0.1) is 11.7 Å². The third-order valence-electron chi connectivity index (χ3n) is 6.22. The number of halogens is 1. The fourth-order valence-corrected chi connectivity index (χ4v) is 4.47. The Bertz CT molecular complexity index is 1130. The van der Waals surface area contributed by atoms with E-state index in [9.17, 15) is 4.39 Å². The van der Waals surface area contributed by atoms with E-state index in [1.54, 1.807) is 19.4 Å². The summed E-state index contributed by atoms with van der Waals surface area (Å²) in [4.78, 5) is 15.4. The second-order valence-electron chi connectivity index (χ2n) is 8.46. The Hall–Kier alpha value is -3.04. The molecule has 2 aliphatic heterocycles. The lowest BCUT2D eigenvalue weighted by Gasteiger charge is -2.19. The Kier molecular flexibility index (Phi) is 6.50. The Morgan fingerprint density at radius 2 is 2.06 bits per heavy atom. The number of rotatable bonds is 8. The number of fused-ring (bicyclic) bond motifs is 2. The molecule has 5 rings (SSSR count). The molecule has 174 valence electrons. The fourth-order valence-electron chi connectivity index (χ4n) is 4.47. The highest BCUT2D eigenvalue weighted by Gasteiger charge is 2.23. The molecule has 0 radical (unpaired) electrons. The van der Waals surface area contributed by atoms with Crippen LogP contribution in [0.15, 0.2) is 30.6 Å². The number of pyridine rings is 3. The monoisotopic (exact) mass is 453 g/mol. The van der Waals surface area contributed by atoms with E-state index in [0.29, 0.717) is 60.3 Å². The molecule has 1 saturated heterocycles. The van der Waals surface area contributed by atoms with Crippen molar-refractivity contribution in [1.29, 1.82) is 0 Å². The van der Waals surface area contributed by atoms with E-state index in [1.807, 2.05) is 12.1 Å². The number of methoxy groups -OCH3 is 1. The highest BCUT2D eigenvalue weighted by Crippen LogP contribution is 2.29. The van der Waals surface area contributed by atoms with E-state index in [2.05, 4.69) is 25.2 Å². The van der Waals surface area contributed by atoms with Crippen molar-refractivity contribution in [2.75, 3.05) is 46.5 Å². The summed E-state index contributed by atoms with van der Waals surface area (Å²) in [6.45, 7) is 5.53. The number of nitrogens with one attached hydrogen (secondary N) is 1. The van der Waals surface area contributed by atoms with Crippen molar-refractivity contribution >= 4 is 11.0 Å². The van der Waals surface area contributed by atoms with Crippen LogP contribution in [0.3, 0.4) is 0 Å². The number of ether oxygens (including phenoxy) is 3. The van der Waals surface area contributed by atoms with Gasteiger partial charge in [0.2, 0.25) is 5.88 Å².